The van der Waals surface area contributed by atoms with Gasteiger partial charge in [0.1, 0.15) is 12.4 Å². The van der Waals surface area contributed by atoms with Gasteiger partial charge in [-0.2, -0.15) is 0 Å². The number of nitrogens with zero attached hydrogens (tertiary/aromatic N) is 1. The number of carbonyl (C=O) groups excluding carboxylic acids is 1. The SMILES string of the molecule is CC(C)CNC(=O)CN1CCCC1COc1ccc(Cl)cc1. The minimum atomic E-state index is 0.104. The monoisotopic (exact) mass is 324 g/mol. The number of benzene rings is 1. The molecule has 0 aliphatic carbocycles. The van der Waals surface area contributed by atoms with E-state index in [1.165, 1.54) is 0 Å². The van der Waals surface area contributed by atoms with Gasteiger partial charge in [-0.15, -0.1) is 0 Å². The largest absolute Gasteiger partial charge is 0.492 e. The van der Waals surface area contributed by atoms with Gasteiger partial charge in [0.05, 0.1) is 6.54 Å². The molecule has 1 saturated heterocycles. The summed E-state index contributed by atoms with van der Waals surface area (Å²) in [5.74, 6) is 1.40. The van der Waals surface area contributed by atoms with Crippen molar-refractivity contribution in [3.05, 3.63) is 29.3 Å². The first-order chi connectivity index (χ1) is 10.5. The van der Waals surface area contributed by atoms with E-state index in [1.807, 2.05) is 24.3 Å². The fraction of sp³-hybridized carbons (Fsp3) is 0.588. The highest BCUT2D eigenvalue weighted by molar-refractivity contribution is 6.30. The summed E-state index contributed by atoms with van der Waals surface area (Å²) in [6.45, 7) is 6.96. The predicted molar refractivity (Wildman–Crippen MR) is 89.4 cm³/mol. The van der Waals surface area contributed by atoms with Gasteiger partial charge in [0.2, 0.25) is 5.91 Å². The Morgan fingerprint density at radius 3 is 2.82 bits per heavy atom. The third-order valence-electron chi connectivity index (χ3n) is 3.81. The summed E-state index contributed by atoms with van der Waals surface area (Å²) < 4.78 is 5.82. The van der Waals surface area contributed by atoms with E-state index in [0.717, 1.165) is 31.7 Å². The summed E-state index contributed by atoms with van der Waals surface area (Å²) in [7, 11) is 0. The molecule has 2 rings (SSSR count). The summed E-state index contributed by atoms with van der Waals surface area (Å²) in [5, 5.41) is 3.68. The van der Waals surface area contributed by atoms with Crippen LogP contribution in [0, 0.1) is 5.92 Å². The standard InChI is InChI=1S/C17H25ClN2O2/c1-13(2)10-19-17(21)11-20-9-3-4-15(20)12-22-16-7-5-14(18)6-8-16/h5-8,13,15H,3-4,9-12H2,1-2H3,(H,19,21). The van der Waals surface area contributed by atoms with E-state index in [1.54, 1.807) is 0 Å². The zero-order chi connectivity index (χ0) is 15.9. The lowest BCUT2D eigenvalue weighted by Gasteiger charge is -2.24. The van der Waals surface area contributed by atoms with Crippen LogP contribution < -0.4 is 10.1 Å². The van der Waals surface area contributed by atoms with Crippen LogP contribution in [0.25, 0.3) is 0 Å². The van der Waals surface area contributed by atoms with E-state index in [-0.39, 0.29) is 5.91 Å². The zero-order valence-electron chi connectivity index (χ0n) is 13.3. The highest BCUT2D eigenvalue weighted by Gasteiger charge is 2.26. The molecule has 0 bridgehead atoms. The summed E-state index contributed by atoms with van der Waals surface area (Å²) in [6.07, 6.45) is 2.19. The van der Waals surface area contributed by atoms with Crippen molar-refractivity contribution < 1.29 is 9.53 Å². The van der Waals surface area contributed by atoms with Crippen LogP contribution in [0.4, 0.5) is 0 Å². The molecule has 0 radical (unpaired) electrons. The molecule has 1 fully saturated rings. The fourth-order valence-corrected chi connectivity index (χ4v) is 2.70. The highest BCUT2D eigenvalue weighted by Crippen LogP contribution is 2.20. The van der Waals surface area contributed by atoms with Crippen LogP contribution in [0.5, 0.6) is 5.75 Å². The van der Waals surface area contributed by atoms with Crippen molar-refractivity contribution in [1.29, 1.82) is 0 Å². The maximum Gasteiger partial charge on any atom is 0.234 e. The Morgan fingerprint density at radius 2 is 2.14 bits per heavy atom. The number of amides is 1. The zero-order valence-corrected chi connectivity index (χ0v) is 14.1. The minimum absolute atomic E-state index is 0.104. The normalized spacial score (nSPS) is 18.6. The molecular formula is C17H25ClN2O2. The third kappa shape index (κ3) is 5.50. The maximum atomic E-state index is 12.0. The number of carbonyl (C=O) groups is 1. The number of halogens is 1. The molecule has 1 aliphatic rings. The van der Waals surface area contributed by atoms with E-state index in [0.29, 0.717) is 30.1 Å². The minimum Gasteiger partial charge on any atom is -0.492 e. The Labute approximate surface area is 137 Å². The fourth-order valence-electron chi connectivity index (χ4n) is 2.57. The lowest BCUT2D eigenvalue weighted by atomic mass is 10.2. The van der Waals surface area contributed by atoms with Crippen LogP contribution in [-0.4, -0.2) is 43.1 Å². The molecule has 1 aromatic rings. The molecule has 0 saturated carbocycles. The van der Waals surface area contributed by atoms with Crippen molar-refractivity contribution in [2.24, 2.45) is 5.92 Å². The smallest absolute Gasteiger partial charge is 0.234 e. The Bertz CT molecular complexity index is 476. The molecule has 0 spiro atoms. The van der Waals surface area contributed by atoms with E-state index in [9.17, 15) is 4.79 Å². The molecule has 1 N–H and O–H groups in total. The molecule has 5 heteroatoms. The van der Waals surface area contributed by atoms with E-state index in [2.05, 4.69) is 24.1 Å². The van der Waals surface area contributed by atoms with Gasteiger partial charge < -0.3 is 10.1 Å². The number of hydrogen-bond donors (Lipinski definition) is 1. The summed E-state index contributed by atoms with van der Waals surface area (Å²) in [4.78, 5) is 14.2. The van der Waals surface area contributed by atoms with Crippen LogP contribution in [0.2, 0.25) is 5.02 Å². The Hall–Kier alpha value is -1.26. The Balaban J connectivity index is 1.77. The molecule has 0 aromatic heterocycles. The van der Waals surface area contributed by atoms with Gasteiger partial charge in [-0.1, -0.05) is 25.4 Å². The lowest BCUT2D eigenvalue weighted by Crippen LogP contribution is -2.42. The van der Waals surface area contributed by atoms with Crippen molar-refractivity contribution >= 4 is 17.5 Å². The molecule has 122 valence electrons. The third-order valence-corrected chi connectivity index (χ3v) is 4.06. The van der Waals surface area contributed by atoms with Gasteiger partial charge >= 0.3 is 0 Å². The van der Waals surface area contributed by atoms with E-state index >= 15 is 0 Å². The van der Waals surface area contributed by atoms with E-state index < -0.39 is 0 Å². The lowest BCUT2D eigenvalue weighted by molar-refractivity contribution is -0.122. The molecule has 22 heavy (non-hydrogen) atoms. The number of nitrogens with one attached hydrogen (secondary N) is 1. The molecule has 1 amide bonds. The molecular weight excluding hydrogens is 300 g/mol. The van der Waals surface area contributed by atoms with Gasteiger partial charge in [0, 0.05) is 17.6 Å². The van der Waals surface area contributed by atoms with Gasteiger partial charge in [-0.3, -0.25) is 9.69 Å². The molecule has 1 heterocycles. The number of hydrogen-bond acceptors (Lipinski definition) is 3. The van der Waals surface area contributed by atoms with Crippen molar-refractivity contribution in [3.8, 4) is 5.75 Å². The van der Waals surface area contributed by atoms with Gasteiger partial charge in [0.25, 0.3) is 0 Å². The second-order valence-electron chi connectivity index (χ2n) is 6.23. The molecule has 1 unspecified atom stereocenters. The summed E-state index contributed by atoms with van der Waals surface area (Å²) in [6, 6.07) is 7.69. The van der Waals surface area contributed by atoms with Crippen LogP contribution in [0.1, 0.15) is 26.7 Å². The van der Waals surface area contributed by atoms with Crippen molar-refractivity contribution in [2.45, 2.75) is 32.7 Å². The van der Waals surface area contributed by atoms with Crippen LogP contribution >= 0.6 is 11.6 Å². The second-order valence-corrected chi connectivity index (χ2v) is 6.67. The van der Waals surface area contributed by atoms with Crippen molar-refractivity contribution in [3.63, 3.8) is 0 Å². The van der Waals surface area contributed by atoms with E-state index in [4.69, 9.17) is 16.3 Å². The maximum absolute atomic E-state index is 12.0. The predicted octanol–water partition coefficient (Wildman–Crippen LogP) is 2.96. The Morgan fingerprint density at radius 1 is 1.41 bits per heavy atom. The quantitative estimate of drug-likeness (QED) is 0.838. The number of rotatable bonds is 7. The Kier molecular flexibility index (Phi) is 6.52. The van der Waals surface area contributed by atoms with Crippen LogP contribution in [0.15, 0.2) is 24.3 Å². The topological polar surface area (TPSA) is 41.6 Å². The highest BCUT2D eigenvalue weighted by atomic mass is 35.5. The molecule has 1 aliphatic heterocycles. The van der Waals surface area contributed by atoms with Crippen LogP contribution in [0.3, 0.4) is 0 Å². The van der Waals surface area contributed by atoms with Gasteiger partial charge in [0.15, 0.2) is 0 Å². The average Bonchev–Trinajstić information content (AvgIpc) is 2.92. The average molecular weight is 325 g/mol. The van der Waals surface area contributed by atoms with Crippen LogP contribution in [-0.2, 0) is 4.79 Å². The molecule has 1 atom stereocenters. The second kappa shape index (κ2) is 8.39. The van der Waals surface area contributed by atoms with Gasteiger partial charge in [-0.25, -0.2) is 0 Å². The van der Waals surface area contributed by atoms with Crippen molar-refractivity contribution in [2.75, 3.05) is 26.2 Å². The number of likely N-dealkylation sites (tertiary alicyclic amines) is 1. The first-order valence-electron chi connectivity index (χ1n) is 7.93. The number of ether oxygens (including phenoxy) is 1. The first kappa shape index (κ1) is 17.1. The molecule has 1 aromatic carbocycles. The van der Waals surface area contributed by atoms with Crippen molar-refractivity contribution in [1.82, 2.24) is 10.2 Å². The summed E-state index contributed by atoms with van der Waals surface area (Å²) >= 11 is 5.86. The van der Waals surface area contributed by atoms with Gasteiger partial charge in [-0.05, 0) is 49.6 Å². The first-order valence-corrected chi connectivity index (χ1v) is 8.31. The summed E-state index contributed by atoms with van der Waals surface area (Å²) in [5.41, 5.74) is 0. The molecule has 4 nitrogen and oxygen atoms in total.